The van der Waals surface area contributed by atoms with E-state index in [0.29, 0.717) is 0 Å². The van der Waals surface area contributed by atoms with Crippen molar-refractivity contribution in [2.24, 2.45) is 5.14 Å². The van der Waals surface area contributed by atoms with Crippen LogP contribution in [0.5, 0.6) is 0 Å². The molecule has 1 aromatic rings. The number of primary sulfonamides is 1. The number of pyridine rings is 1. The van der Waals surface area contributed by atoms with E-state index in [2.05, 4.69) is 10.1 Å². The van der Waals surface area contributed by atoms with E-state index in [9.17, 15) is 27.3 Å². The fourth-order valence-corrected chi connectivity index (χ4v) is 1.98. The van der Waals surface area contributed by atoms with Gasteiger partial charge in [0.2, 0.25) is 0 Å². The van der Waals surface area contributed by atoms with Crippen LogP contribution in [0.15, 0.2) is 11.1 Å². The second-order valence-electron chi connectivity index (χ2n) is 3.10. The van der Waals surface area contributed by atoms with E-state index in [4.69, 9.17) is 0 Å². The Morgan fingerprint density at radius 3 is 2.41 bits per heavy atom. The molecule has 0 spiro atoms. The van der Waals surface area contributed by atoms with Crippen LogP contribution >= 0.6 is 0 Å². The smallest absolute Gasteiger partial charge is 0.258 e. The van der Waals surface area contributed by atoms with E-state index in [1.165, 1.54) is 6.92 Å². The Hall–Kier alpha value is -1.68. The third kappa shape index (κ3) is 2.71. The number of sulfonamides is 1. The lowest BCUT2D eigenvalue weighted by Crippen LogP contribution is -2.18. The molecular weight excluding hydrogens is 260 g/mol. The largest absolute Gasteiger partial charge is 0.283 e. The third-order valence-electron chi connectivity index (χ3n) is 1.81. The number of rotatable bonds is 3. The summed E-state index contributed by atoms with van der Waals surface area (Å²) in [7, 11) is -4.55. The Labute approximate surface area is 94.5 Å². The van der Waals surface area contributed by atoms with Gasteiger partial charge in [0, 0.05) is 11.8 Å². The molecule has 1 rings (SSSR count). The Morgan fingerprint density at radius 1 is 1.53 bits per heavy atom. The summed E-state index contributed by atoms with van der Waals surface area (Å²) in [5.74, 6) is 0. The van der Waals surface area contributed by atoms with E-state index in [1.807, 2.05) is 0 Å². The van der Waals surface area contributed by atoms with Gasteiger partial charge in [-0.15, -0.1) is 0 Å². The molecule has 0 unspecified atom stereocenters. The minimum absolute atomic E-state index is 0.0925. The van der Waals surface area contributed by atoms with Gasteiger partial charge < -0.3 is 0 Å². The first-order chi connectivity index (χ1) is 7.64. The molecule has 0 aliphatic heterocycles. The van der Waals surface area contributed by atoms with Crippen LogP contribution < -0.4 is 5.14 Å². The molecular formula is C7H7F2N3O4S. The number of nitrogens with two attached hydrogens (primary N) is 1. The molecule has 10 heteroatoms. The maximum absolute atomic E-state index is 12.6. The number of aromatic nitrogens is 1. The third-order valence-corrected chi connectivity index (χ3v) is 2.66. The topological polar surface area (TPSA) is 116 Å². The van der Waals surface area contributed by atoms with Crippen LogP contribution in [0.3, 0.4) is 0 Å². The summed E-state index contributed by atoms with van der Waals surface area (Å²) < 4.78 is 47.4. The predicted octanol–water partition coefficient (Wildman–Crippen LogP) is 0.883. The van der Waals surface area contributed by atoms with Crippen molar-refractivity contribution in [3.05, 3.63) is 27.4 Å². The molecule has 1 aromatic heterocycles. The van der Waals surface area contributed by atoms with Crippen molar-refractivity contribution in [1.82, 2.24) is 4.98 Å². The molecule has 94 valence electrons. The summed E-state index contributed by atoms with van der Waals surface area (Å²) in [6.07, 6.45) is -3.36. The normalized spacial score (nSPS) is 11.8. The summed E-state index contributed by atoms with van der Waals surface area (Å²) in [6.45, 7) is 1.23. The van der Waals surface area contributed by atoms with E-state index < -0.39 is 37.6 Å². The lowest BCUT2D eigenvalue weighted by atomic mass is 10.2. The molecule has 1 heterocycles. The van der Waals surface area contributed by atoms with Crippen molar-refractivity contribution in [3.8, 4) is 0 Å². The maximum Gasteiger partial charge on any atom is 0.283 e. The first kappa shape index (κ1) is 13.4. The molecule has 0 amide bonds. The number of nitrogens with zero attached hydrogens (tertiary/aromatic N) is 2. The minimum atomic E-state index is -4.55. The Bertz CT molecular complexity index is 573. The number of hydrogen-bond acceptors (Lipinski definition) is 5. The van der Waals surface area contributed by atoms with Crippen LogP contribution in [-0.2, 0) is 10.0 Å². The molecule has 0 atom stereocenters. The van der Waals surface area contributed by atoms with Crippen molar-refractivity contribution in [2.75, 3.05) is 0 Å². The van der Waals surface area contributed by atoms with Crippen LogP contribution in [0.2, 0.25) is 0 Å². The van der Waals surface area contributed by atoms with Crippen molar-refractivity contribution in [2.45, 2.75) is 18.4 Å². The summed E-state index contributed by atoms with van der Waals surface area (Å²) in [5, 5.41) is 14.1. The van der Waals surface area contributed by atoms with Gasteiger partial charge in [0.05, 0.1) is 4.92 Å². The van der Waals surface area contributed by atoms with Gasteiger partial charge in [-0.3, -0.25) is 10.1 Å². The summed E-state index contributed by atoms with van der Waals surface area (Å²) in [5.41, 5.74) is -2.40. The lowest BCUT2D eigenvalue weighted by Gasteiger charge is -2.07. The molecule has 7 nitrogen and oxygen atoms in total. The molecule has 0 saturated heterocycles. The quantitative estimate of drug-likeness (QED) is 0.644. The highest BCUT2D eigenvalue weighted by molar-refractivity contribution is 7.89. The molecule has 0 radical (unpaired) electrons. The molecule has 0 aliphatic rings. The van der Waals surface area contributed by atoms with E-state index in [-0.39, 0.29) is 5.69 Å². The molecule has 0 aliphatic carbocycles. The van der Waals surface area contributed by atoms with Gasteiger partial charge in [0.25, 0.3) is 22.1 Å². The monoisotopic (exact) mass is 267 g/mol. The first-order valence-corrected chi connectivity index (χ1v) is 5.66. The summed E-state index contributed by atoms with van der Waals surface area (Å²) in [4.78, 5) is 12.8. The molecule has 0 bridgehead atoms. The van der Waals surface area contributed by atoms with Gasteiger partial charge in [0.15, 0.2) is 5.03 Å². The van der Waals surface area contributed by atoms with Gasteiger partial charge in [-0.05, 0) is 6.92 Å². The van der Waals surface area contributed by atoms with E-state index >= 15 is 0 Å². The number of aryl methyl sites for hydroxylation is 1. The van der Waals surface area contributed by atoms with Gasteiger partial charge in [-0.25, -0.2) is 27.3 Å². The van der Waals surface area contributed by atoms with Crippen molar-refractivity contribution >= 4 is 15.7 Å². The van der Waals surface area contributed by atoms with E-state index in [0.717, 1.165) is 6.07 Å². The number of alkyl halides is 2. The van der Waals surface area contributed by atoms with Crippen LogP contribution in [0.25, 0.3) is 0 Å². The Balaban J connectivity index is 3.77. The first-order valence-electron chi connectivity index (χ1n) is 4.11. The molecule has 0 aromatic carbocycles. The fraction of sp³-hybridized carbons (Fsp3) is 0.286. The summed E-state index contributed by atoms with van der Waals surface area (Å²) in [6, 6.07) is 0.760. The number of hydrogen-bond donors (Lipinski definition) is 1. The van der Waals surface area contributed by atoms with Crippen molar-refractivity contribution < 1.29 is 22.1 Å². The standard InChI is InChI=1S/C7H7F2N3O4S/c1-3-2-4(12(13)14)5(6(8)9)7(11-3)17(10,15)16/h2,6H,1H3,(H2,10,15,16). The highest BCUT2D eigenvalue weighted by Crippen LogP contribution is 2.33. The lowest BCUT2D eigenvalue weighted by molar-refractivity contribution is -0.386. The molecule has 2 N–H and O–H groups in total. The van der Waals surface area contributed by atoms with Gasteiger partial charge >= 0.3 is 0 Å². The van der Waals surface area contributed by atoms with Gasteiger partial charge in [-0.1, -0.05) is 0 Å². The summed E-state index contributed by atoms with van der Waals surface area (Å²) >= 11 is 0. The van der Waals surface area contributed by atoms with Crippen LogP contribution in [0.1, 0.15) is 17.7 Å². The molecule has 17 heavy (non-hydrogen) atoms. The van der Waals surface area contributed by atoms with Gasteiger partial charge in [-0.2, -0.15) is 0 Å². The Morgan fingerprint density at radius 2 is 2.06 bits per heavy atom. The second-order valence-corrected chi connectivity index (χ2v) is 4.58. The molecule has 0 saturated carbocycles. The maximum atomic E-state index is 12.6. The zero-order chi connectivity index (χ0) is 13.4. The average Bonchev–Trinajstić information content (AvgIpc) is 2.14. The highest BCUT2D eigenvalue weighted by Gasteiger charge is 2.32. The Kier molecular flexibility index (Phi) is 3.38. The number of halogens is 2. The SMILES string of the molecule is Cc1cc([N+](=O)[O-])c(C(F)F)c(S(N)(=O)=O)n1. The number of nitro groups is 1. The zero-order valence-corrected chi connectivity index (χ0v) is 9.24. The van der Waals surface area contributed by atoms with Crippen LogP contribution in [-0.4, -0.2) is 18.3 Å². The molecule has 0 fully saturated rings. The van der Waals surface area contributed by atoms with Crippen LogP contribution in [0, 0.1) is 17.0 Å². The highest BCUT2D eigenvalue weighted by atomic mass is 32.2. The second kappa shape index (κ2) is 4.30. The fourth-order valence-electron chi connectivity index (χ4n) is 1.21. The van der Waals surface area contributed by atoms with Crippen molar-refractivity contribution in [1.29, 1.82) is 0 Å². The van der Waals surface area contributed by atoms with E-state index in [1.54, 1.807) is 0 Å². The van der Waals surface area contributed by atoms with Crippen molar-refractivity contribution in [3.63, 3.8) is 0 Å². The predicted molar refractivity (Wildman–Crippen MR) is 52.0 cm³/mol. The van der Waals surface area contributed by atoms with Crippen LogP contribution in [0.4, 0.5) is 14.5 Å². The minimum Gasteiger partial charge on any atom is -0.258 e. The zero-order valence-electron chi connectivity index (χ0n) is 8.42. The van der Waals surface area contributed by atoms with Gasteiger partial charge in [0.1, 0.15) is 5.56 Å². The average molecular weight is 267 g/mol.